The van der Waals surface area contributed by atoms with Gasteiger partial charge in [0.1, 0.15) is 12.2 Å². The fourth-order valence-electron chi connectivity index (χ4n) is 1.59. The summed E-state index contributed by atoms with van der Waals surface area (Å²) in [5.74, 6) is -1.12. The van der Waals surface area contributed by atoms with Crippen molar-refractivity contribution in [3.8, 4) is 0 Å². The Morgan fingerprint density at radius 1 is 0.850 bits per heavy atom. The van der Waals surface area contributed by atoms with Crippen LogP contribution >= 0.6 is 0 Å². The van der Waals surface area contributed by atoms with Gasteiger partial charge in [-0.3, -0.25) is 9.59 Å². The molecule has 20 heavy (non-hydrogen) atoms. The first-order chi connectivity index (χ1) is 9.54. The zero-order chi connectivity index (χ0) is 15.4. The van der Waals surface area contributed by atoms with E-state index in [-0.39, 0.29) is 13.1 Å². The summed E-state index contributed by atoms with van der Waals surface area (Å²) < 4.78 is 0. The summed E-state index contributed by atoms with van der Waals surface area (Å²) in [6, 6.07) is 0. The van der Waals surface area contributed by atoms with Crippen LogP contribution in [0, 0.1) is 0 Å². The van der Waals surface area contributed by atoms with Crippen LogP contribution in [0.1, 0.15) is 39.5 Å². The molecule has 118 valence electrons. The molecule has 0 fully saturated rings. The Morgan fingerprint density at radius 2 is 1.20 bits per heavy atom. The highest BCUT2D eigenvalue weighted by atomic mass is 16.3. The van der Waals surface area contributed by atoms with Gasteiger partial charge in [-0.1, -0.05) is 26.7 Å². The van der Waals surface area contributed by atoms with Crippen molar-refractivity contribution in [2.24, 2.45) is 0 Å². The summed E-state index contributed by atoms with van der Waals surface area (Å²) in [7, 11) is 0. The van der Waals surface area contributed by atoms with E-state index < -0.39 is 23.8 Å². The van der Waals surface area contributed by atoms with Crippen LogP contribution in [0.4, 0.5) is 0 Å². The molecule has 0 heterocycles. The Labute approximate surface area is 120 Å². The lowest BCUT2D eigenvalue weighted by atomic mass is 10.1. The molecule has 0 unspecified atom stereocenters. The van der Waals surface area contributed by atoms with Crippen LogP contribution in [-0.4, -0.2) is 60.2 Å². The van der Waals surface area contributed by atoms with Crippen molar-refractivity contribution in [1.29, 1.82) is 0 Å². The molecule has 0 spiro atoms. The Morgan fingerprint density at radius 3 is 1.50 bits per heavy atom. The van der Waals surface area contributed by atoms with Crippen LogP contribution < -0.4 is 10.6 Å². The largest absolute Gasteiger partial charge is 0.382 e. The molecule has 0 amide bonds. The lowest BCUT2D eigenvalue weighted by Crippen LogP contribution is -2.46. The molecular weight excluding hydrogens is 260 g/mol. The summed E-state index contributed by atoms with van der Waals surface area (Å²) >= 11 is 0. The van der Waals surface area contributed by atoms with Crippen molar-refractivity contribution in [1.82, 2.24) is 10.6 Å². The fourth-order valence-corrected chi connectivity index (χ4v) is 1.59. The minimum Gasteiger partial charge on any atom is -0.382 e. The summed E-state index contributed by atoms with van der Waals surface area (Å²) in [4.78, 5) is 23.2. The number of carbonyl (C=O) groups excluding carboxylic acids is 2. The van der Waals surface area contributed by atoms with Gasteiger partial charge >= 0.3 is 0 Å². The molecule has 6 nitrogen and oxygen atoms in total. The van der Waals surface area contributed by atoms with Crippen molar-refractivity contribution in [3.05, 3.63) is 0 Å². The summed E-state index contributed by atoms with van der Waals surface area (Å²) in [5, 5.41) is 25.0. The van der Waals surface area contributed by atoms with E-state index in [2.05, 4.69) is 10.6 Å². The van der Waals surface area contributed by atoms with Gasteiger partial charge in [0.15, 0.2) is 11.6 Å². The molecule has 0 radical (unpaired) electrons. The van der Waals surface area contributed by atoms with Gasteiger partial charge in [0.25, 0.3) is 0 Å². The van der Waals surface area contributed by atoms with Crippen LogP contribution in [0.2, 0.25) is 0 Å². The van der Waals surface area contributed by atoms with Crippen LogP contribution in [0.3, 0.4) is 0 Å². The average Bonchev–Trinajstić information content (AvgIpc) is 2.46. The maximum atomic E-state index is 11.6. The quantitative estimate of drug-likeness (QED) is 0.345. The van der Waals surface area contributed by atoms with E-state index in [1.165, 1.54) is 0 Å². The number of rotatable bonds is 13. The van der Waals surface area contributed by atoms with E-state index in [4.69, 9.17) is 0 Å². The number of hydrogen-bond acceptors (Lipinski definition) is 6. The third kappa shape index (κ3) is 8.37. The molecule has 0 bridgehead atoms. The molecule has 0 saturated heterocycles. The molecule has 0 saturated carbocycles. The average molecular weight is 288 g/mol. The molecule has 0 aliphatic carbocycles. The molecule has 0 aromatic carbocycles. The monoisotopic (exact) mass is 288 g/mol. The number of unbranched alkanes of at least 4 members (excludes halogenated alkanes) is 2. The molecule has 0 aromatic rings. The lowest BCUT2D eigenvalue weighted by molar-refractivity contribution is -0.142. The highest BCUT2D eigenvalue weighted by molar-refractivity contribution is 5.94. The lowest BCUT2D eigenvalue weighted by Gasteiger charge is -2.16. The number of aliphatic hydroxyl groups is 2. The third-order valence-corrected chi connectivity index (χ3v) is 2.97. The van der Waals surface area contributed by atoms with Crippen molar-refractivity contribution in [2.45, 2.75) is 51.7 Å². The van der Waals surface area contributed by atoms with E-state index >= 15 is 0 Å². The van der Waals surface area contributed by atoms with Crippen LogP contribution in [-0.2, 0) is 9.59 Å². The van der Waals surface area contributed by atoms with Crippen LogP contribution in [0.15, 0.2) is 0 Å². The van der Waals surface area contributed by atoms with Crippen LogP contribution in [0.5, 0.6) is 0 Å². The van der Waals surface area contributed by atoms with Gasteiger partial charge in [-0.15, -0.1) is 0 Å². The Kier molecular flexibility index (Phi) is 11.5. The third-order valence-electron chi connectivity index (χ3n) is 2.97. The molecule has 6 heteroatoms. The Hall–Kier alpha value is -0.820. The Balaban J connectivity index is 3.95. The minimum atomic E-state index is -1.65. The molecule has 0 aliphatic rings. The SMILES string of the molecule is CCCCNCC(=O)[C@@H](O)[C@@H](O)C(=O)CNCCCC. The standard InChI is InChI=1S/C14H28N2O4/c1-3-5-7-15-9-11(17)13(19)14(20)12(18)10-16-8-6-4-2/h13-16,19-20H,3-10H2,1-2H3/t13-,14+. The maximum absolute atomic E-state index is 11.6. The van der Waals surface area contributed by atoms with E-state index in [1.54, 1.807) is 0 Å². The summed E-state index contributed by atoms with van der Waals surface area (Å²) in [5.41, 5.74) is 0. The molecule has 0 aromatic heterocycles. The first-order valence-corrected chi connectivity index (χ1v) is 7.37. The van der Waals surface area contributed by atoms with Gasteiger partial charge in [-0.25, -0.2) is 0 Å². The number of carbonyl (C=O) groups is 2. The first kappa shape index (κ1) is 19.2. The van der Waals surface area contributed by atoms with Gasteiger partial charge in [0, 0.05) is 0 Å². The second-order valence-electron chi connectivity index (χ2n) is 4.88. The van der Waals surface area contributed by atoms with Gasteiger partial charge in [-0.05, 0) is 25.9 Å². The number of nitrogens with one attached hydrogen (secondary N) is 2. The number of aliphatic hydroxyl groups excluding tert-OH is 2. The van der Waals surface area contributed by atoms with Crippen molar-refractivity contribution >= 4 is 11.6 Å². The number of hydrogen-bond donors (Lipinski definition) is 4. The molecule has 0 rings (SSSR count). The number of ketones is 2. The van der Waals surface area contributed by atoms with Crippen molar-refractivity contribution in [3.63, 3.8) is 0 Å². The highest BCUT2D eigenvalue weighted by Crippen LogP contribution is 1.97. The highest BCUT2D eigenvalue weighted by Gasteiger charge is 2.28. The maximum Gasteiger partial charge on any atom is 0.178 e. The van der Waals surface area contributed by atoms with Gasteiger partial charge in [0.2, 0.25) is 0 Å². The van der Waals surface area contributed by atoms with Gasteiger partial charge in [-0.2, -0.15) is 0 Å². The second-order valence-corrected chi connectivity index (χ2v) is 4.88. The second kappa shape index (κ2) is 12.0. The predicted octanol–water partition coefficient (Wildman–Crippen LogP) is -0.374. The fraction of sp³-hybridized carbons (Fsp3) is 0.857. The van der Waals surface area contributed by atoms with Crippen molar-refractivity contribution < 1.29 is 19.8 Å². The van der Waals surface area contributed by atoms with Gasteiger partial charge in [0.05, 0.1) is 13.1 Å². The van der Waals surface area contributed by atoms with E-state index in [1.807, 2.05) is 13.8 Å². The molecule has 2 atom stereocenters. The predicted molar refractivity (Wildman–Crippen MR) is 77.6 cm³/mol. The minimum absolute atomic E-state index is 0.0330. The van der Waals surface area contributed by atoms with Crippen molar-refractivity contribution in [2.75, 3.05) is 26.2 Å². The summed E-state index contributed by atoms with van der Waals surface area (Å²) in [6.45, 7) is 5.36. The molecule has 0 aliphatic heterocycles. The van der Waals surface area contributed by atoms with Gasteiger partial charge < -0.3 is 20.8 Å². The van der Waals surface area contributed by atoms with E-state index in [9.17, 15) is 19.8 Å². The smallest absolute Gasteiger partial charge is 0.178 e. The normalized spacial score (nSPS) is 14.0. The van der Waals surface area contributed by atoms with E-state index in [0.717, 1.165) is 25.7 Å². The zero-order valence-electron chi connectivity index (χ0n) is 12.5. The first-order valence-electron chi connectivity index (χ1n) is 7.37. The summed E-state index contributed by atoms with van der Waals surface area (Å²) in [6.07, 6.45) is 0.593. The van der Waals surface area contributed by atoms with E-state index in [0.29, 0.717) is 13.1 Å². The van der Waals surface area contributed by atoms with Crippen LogP contribution in [0.25, 0.3) is 0 Å². The zero-order valence-corrected chi connectivity index (χ0v) is 12.5. The Bertz CT molecular complexity index is 256. The molecule has 4 N–H and O–H groups in total. The number of Topliss-reactive ketones (excluding diaryl/α,β-unsaturated/α-hetero) is 2. The topological polar surface area (TPSA) is 98.7 Å². The molecular formula is C14H28N2O4.